The van der Waals surface area contributed by atoms with Gasteiger partial charge in [0.15, 0.2) is 17.1 Å². The summed E-state index contributed by atoms with van der Waals surface area (Å²) in [5, 5.41) is 7.97. The van der Waals surface area contributed by atoms with Crippen LogP contribution in [0.1, 0.15) is 20.8 Å². The largest absolute Gasteiger partial charge is 0.493 e. The summed E-state index contributed by atoms with van der Waals surface area (Å²) in [6.07, 6.45) is 1.58. The molecule has 3 aromatic carbocycles. The van der Waals surface area contributed by atoms with Crippen molar-refractivity contribution in [2.45, 2.75) is 0 Å². The number of benzene rings is 3. The Morgan fingerprint density at radius 2 is 1.41 bits per heavy atom. The normalized spacial score (nSPS) is 12.9. The number of carbonyl (C=O) groups is 2. The van der Waals surface area contributed by atoms with Crippen LogP contribution in [0.5, 0.6) is 17.2 Å². The maximum atomic E-state index is 14.1. The van der Waals surface area contributed by atoms with Gasteiger partial charge in [-0.2, -0.15) is 5.10 Å². The maximum absolute atomic E-state index is 14.1. The predicted octanol–water partition coefficient (Wildman–Crippen LogP) is 5.97. The van der Waals surface area contributed by atoms with Crippen LogP contribution in [0.4, 0.5) is 15.9 Å². The minimum atomic E-state index is -0.361. The highest BCUT2D eigenvalue weighted by molar-refractivity contribution is 6.00. The first-order valence-electron chi connectivity index (χ1n) is 16.2. The van der Waals surface area contributed by atoms with Crippen molar-refractivity contribution in [2.75, 3.05) is 52.8 Å². The predicted molar refractivity (Wildman–Crippen MR) is 189 cm³/mol. The molecule has 1 fully saturated rings. The Morgan fingerprint density at radius 1 is 0.745 bits per heavy atom. The smallest absolute Gasteiger partial charge is 0.272 e. The quantitative estimate of drug-likeness (QED) is 0.196. The van der Waals surface area contributed by atoms with E-state index in [2.05, 4.69) is 10.3 Å². The summed E-state index contributed by atoms with van der Waals surface area (Å²) in [6, 6.07) is 26.1. The van der Waals surface area contributed by atoms with E-state index in [1.807, 2.05) is 36.4 Å². The van der Waals surface area contributed by atoms with E-state index in [1.54, 1.807) is 77.2 Å². The van der Waals surface area contributed by atoms with Crippen LogP contribution in [0, 0.1) is 5.82 Å². The van der Waals surface area contributed by atoms with Crippen LogP contribution in [-0.2, 0) is 0 Å². The summed E-state index contributed by atoms with van der Waals surface area (Å²) in [7, 11) is 4.62. The van der Waals surface area contributed by atoms with Gasteiger partial charge in [0, 0.05) is 55.3 Å². The molecule has 1 saturated heterocycles. The molecule has 0 bridgehead atoms. The van der Waals surface area contributed by atoms with Gasteiger partial charge < -0.3 is 29.3 Å². The average molecular weight is 688 g/mol. The van der Waals surface area contributed by atoms with E-state index in [0.717, 1.165) is 5.56 Å². The number of aromatic nitrogens is 4. The van der Waals surface area contributed by atoms with Crippen molar-refractivity contribution in [1.82, 2.24) is 29.4 Å². The summed E-state index contributed by atoms with van der Waals surface area (Å²) in [5.41, 5.74) is 4.54. The van der Waals surface area contributed by atoms with E-state index < -0.39 is 0 Å². The number of carbonyl (C=O) groups excluding carboxylic acids is 2. The molecule has 0 unspecified atom stereocenters. The van der Waals surface area contributed by atoms with Crippen LogP contribution in [0.25, 0.3) is 28.2 Å². The fourth-order valence-electron chi connectivity index (χ4n) is 6.06. The molecule has 2 amide bonds. The second-order valence-corrected chi connectivity index (χ2v) is 11.7. The summed E-state index contributed by atoms with van der Waals surface area (Å²) in [4.78, 5) is 40.2. The number of anilines is 2. The Labute approximate surface area is 293 Å². The fraction of sp³-hybridized carbons (Fsp3) is 0.184. The summed E-state index contributed by atoms with van der Waals surface area (Å²) in [5.74, 6) is 0.835. The molecule has 6 aromatic rings. The van der Waals surface area contributed by atoms with Gasteiger partial charge in [-0.15, -0.1) is 0 Å². The molecule has 0 spiro atoms. The summed E-state index contributed by atoms with van der Waals surface area (Å²) >= 11 is 0. The summed E-state index contributed by atoms with van der Waals surface area (Å²) < 4.78 is 31.9. The molecule has 0 radical (unpaired) electrons. The zero-order valence-corrected chi connectivity index (χ0v) is 28.2. The SMILES string of the molecule is COc1cc(-c2cc(C(=O)N3CCN(C(=O)c4cccnc4Nc4ccc(F)cc4)CC3)nc3cc(-c4ccccc4)nn23)cc(OC)c1OC. The lowest BCUT2D eigenvalue weighted by molar-refractivity contribution is 0.0533. The number of fused-ring (bicyclic) bond motifs is 1. The first-order chi connectivity index (χ1) is 24.9. The highest BCUT2D eigenvalue weighted by Crippen LogP contribution is 2.41. The Balaban J connectivity index is 1.17. The fourth-order valence-corrected chi connectivity index (χ4v) is 6.06. The maximum Gasteiger partial charge on any atom is 0.272 e. The molecule has 7 rings (SSSR count). The van der Waals surface area contributed by atoms with Crippen molar-refractivity contribution in [2.24, 2.45) is 0 Å². The zero-order chi connectivity index (χ0) is 35.5. The number of hydrogen-bond acceptors (Lipinski definition) is 9. The second kappa shape index (κ2) is 14.2. The minimum Gasteiger partial charge on any atom is -0.493 e. The van der Waals surface area contributed by atoms with Crippen LogP contribution in [0.2, 0.25) is 0 Å². The Kier molecular flexibility index (Phi) is 9.17. The van der Waals surface area contributed by atoms with Crippen LogP contribution < -0.4 is 19.5 Å². The van der Waals surface area contributed by atoms with Gasteiger partial charge in [0.25, 0.3) is 11.8 Å². The molecule has 13 heteroatoms. The van der Waals surface area contributed by atoms with Crippen LogP contribution in [-0.4, -0.2) is 88.7 Å². The van der Waals surface area contributed by atoms with Crippen molar-refractivity contribution >= 4 is 29.0 Å². The van der Waals surface area contributed by atoms with E-state index in [1.165, 1.54) is 19.2 Å². The Morgan fingerprint density at radius 3 is 2.06 bits per heavy atom. The van der Waals surface area contributed by atoms with Crippen molar-refractivity contribution in [3.8, 4) is 39.8 Å². The molecule has 1 N–H and O–H groups in total. The first kappa shape index (κ1) is 33.0. The molecule has 4 heterocycles. The lowest BCUT2D eigenvalue weighted by Crippen LogP contribution is -2.50. The average Bonchev–Trinajstić information content (AvgIpc) is 3.62. The topological polar surface area (TPSA) is 123 Å². The molecule has 258 valence electrons. The van der Waals surface area contributed by atoms with Gasteiger partial charge in [-0.3, -0.25) is 9.59 Å². The van der Waals surface area contributed by atoms with Gasteiger partial charge in [-0.1, -0.05) is 30.3 Å². The van der Waals surface area contributed by atoms with Gasteiger partial charge in [0.05, 0.1) is 38.3 Å². The monoisotopic (exact) mass is 687 g/mol. The van der Waals surface area contributed by atoms with E-state index >= 15 is 0 Å². The molecule has 0 aliphatic carbocycles. The van der Waals surface area contributed by atoms with Crippen LogP contribution in [0.15, 0.2) is 97.2 Å². The van der Waals surface area contributed by atoms with Crippen molar-refractivity contribution in [3.05, 3.63) is 114 Å². The third-order valence-electron chi connectivity index (χ3n) is 8.68. The van der Waals surface area contributed by atoms with Crippen molar-refractivity contribution in [3.63, 3.8) is 0 Å². The number of nitrogens with zero attached hydrogens (tertiary/aromatic N) is 6. The molecule has 0 saturated carbocycles. The van der Waals surface area contributed by atoms with E-state index in [0.29, 0.717) is 83.1 Å². The number of piperazine rings is 1. The van der Waals surface area contributed by atoms with Gasteiger partial charge in [-0.05, 0) is 54.6 Å². The number of rotatable bonds is 9. The van der Waals surface area contributed by atoms with Crippen molar-refractivity contribution < 1.29 is 28.2 Å². The summed E-state index contributed by atoms with van der Waals surface area (Å²) in [6.45, 7) is 1.21. The van der Waals surface area contributed by atoms with Gasteiger partial charge in [0.2, 0.25) is 5.75 Å². The number of methoxy groups -OCH3 is 3. The lowest BCUT2D eigenvalue weighted by atomic mass is 10.1. The van der Waals surface area contributed by atoms with Crippen molar-refractivity contribution in [1.29, 1.82) is 0 Å². The van der Waals surface area contributed by atoms with E-state index in [9.17, 15) is 14.0 Å². The molecular formula is C38H34FN7O5. The van der Waals surface area contributed by atoms with Crippen LogP contribution in [0.3, 0.4) is 0 Å². The molecule has 1 aliphatic heterocycles. The molecular weight excluding hydrogens is 653 g/mol. The number of amides is 2. The standard InChI is InChI=1S/C38H34FN7O5/c1-49-32-20-25(21-33(50-2)35(32)51-3)31-22-30(42-34-23-29(43-46(31)34)24-8-5-4-6-9-24)38(48)45-18-16-44(17-19-45)37(47)28-10-7-15-40-36(28)41-27-13-11-26(39)12-14-27/h4-15,20-23H,16-19H2,1-3H3,(H,40,41). The highest BCUT2D eigenvalue weighted by atomic mass is 19.1. The molecule has 12 nitrogen and oxygen atoms in total. The number of pyridine rings is 1. The minimum absolute atomic E-state index is 0.225. The third-order valence-corrected chi connectivity index (χ3v) is 8.68. The number of nitrogens with one attached hydrogen (secondary N) is 1. The molecule has 0 atom stereocenters. The number of ether oxygens (including phenoxy) is 3. The molecule has 51 heavy (non-hydrogen) atoms. The second-order valence-electron chi connectivity index (χ2n) is 11.7. The number of halogens is 1. The van der Waals surface area contributed by atoms with E-state index in [-0.39, 0.29) is 23.3 Å². The highest BCUT2D eigenvalue weighted by Gasteiger charge is 2.29. The zero-order valence-electron chi connectivity index (χ0n) is 28.2. The molecule has 3 aromatic heterocycles. The van der Waals surface area contributed by atoms with Gasteiger partial charge >= 0.3 is 0 Å². The van der Waals surface area contributed by atoms with Gasteiger partial charge in [0.1, 0.15) is 17.3 Å². The van der Waals surface area contributed by atoms with Gasteiger partial charge in [-0.25, -0.2) is 18.9 Å². The Hall–Kier alpha value is -6.50. The Bertz CT molecular complexity index is 2190. The molecule has 1 aliphatic rings. The lowest BCUT2D eigenvalue weighted by Gasteiger charge is -2.35. The first-order valence-corrected chi connectivity index (χ1v) is 16.2. The van der Waals surface area contributed by atoms with Crippen LogP contribution >= 0.6 is 0 Å². The third kappa shape index (κ3) is 6.61. The number of hydrogen-bond donors (Lipinski definition) is 1. The van der Waals surface area contributed by atoms with E-state index in [4.69, 9.17) is 24.3 Å².